The molecule has 2 aliphatic rings. The van der Waals surface area contributed by atoms with Crippen LogP contribution in [0.1, 0.15) is 51.5 Å². The Labute approximate surface area is 170 Å². The smallest absolute Gasteiger partial charge is 0.243 e. The van der Waals surface area contributed by atoms with Gasteiger partial charge in [-0.25, -0.2) is 0 Å². The van der Waals surface area contributed by atoms with Gasteiger partial charge in [-0.15, -0.1) is 0 Å². The third-order valence-corrected chi connectivity index (χ3v) is 6.21. The SMILES string of the molecule is CC(C)N1CCCC2(CCCN2Cc2ccc(OCCCN(C)C)cc2)C1=O. The molecule has 2 heterocycles. The topological polar surface area (TPSA) is 36.0 Å². The zero-order valence-corrected chi connectivity index (χ0v) is 18.1. The molecule has 5 heteroatoms. The maximum atomic E-state index is 13.3. The molecule has 2 saturated heterocycles. The molecule has 0 bridgehead atoms. The van der Waals surface area contributed by atoms with Gasteiger partial charge in [0.05, 0.1) is 6.61 Å². The van der Waals surface area contributed by atoms with Crippen LogP contribution in [0.5, 0.6) is 5.75 Å². The van der Waals surface area contributed by atoms with Crippen LogP contribution in [0.15, 0.2) is 24.3 Å². The van der Waals surface area contributed by atoms with Gasteiger partial charge in [0, 0.05) is 25.7 Å². The van der Waals surface area contributed by atoms with Gasteiger partial charge in [0.25, 0.3) is 0 Å². The summed E-state index contributed by atoms with van der Waals surface area (Å²) in [5.74, 6) is 1.28. The Balaban J connectivity index is 1.60. The van der Waals surface area contributed by atoms with Gasteiger partial charge in [-0.2, -0.15) is 0 Å². The third-order valence-electron chi connectivity index (χ3n) is 6.21. The molecule has 1 aromatic rings. The lowest BCUT2D eigenvalue weighted by Gasteiger charge is -2.46. The number of piperidine rings is 1. The predicted molar refractivity (Wildman–Crippen MR) is 114 cm³/mol. The molecule has 1 aromatic carbocycles. The van der Waals surface area contributed by atoms with Crippen molar-refractivity contribution >= 4 is 5.91 Å². The van der Waals surface area contributed by atoms with Crippen molar-refractivity contribution in [2.75, 3.05) is 40.3 Å². The molecule has 0 aliphatic carbocycles. The van der Waals surface area contributed by atoms with Crippen LogP contribution in [0.4, 0.5) is 0 Å². The van der Waals surface area contributed by atoms with Gasteiger partial charge >= 0.3 is 0 Å². The van der Waals surface area contributed by atoms with Crippen molar-refractivity contribution in [2.24, 2.45) is 0 Å². The van der Waals surface area contributed by atoms with E-state index in [0.717, 1.165) is 70.6 Å². The first kappa shape index (κ1) is 21.1. The Bertz CT molecular complexity index is 644. The van der Waals surface area contributed by atoms with E-state index < -0.39 is 0 Å². The highest BCUT2D eigenvalue weighted by Gasteiger charge is 2.50. The summed E-state index contributed by atoms with van der Waals surface area (Å²) in [6.45, 7) is 8.81. The maximum Gasteiger partial charge on any atom is 0.243 e. The fourth-order valence-corrected chi connectivity index (χ4v) is 4.68. The summed E-state index contributed by atoms with van der Waals surface area (Å²) >= 11 is 0. The van der Waals surface area contributed by atoms with E-state index in [2.05, 4.69) is 66.9 Å². The highest BCUT2D eigenvalue weighted by atomic mass is 16.5. The molecule has 0 radical (unpaired) electrons. The van der Waals surface area contributed by atoms with Gasteiger partial charge in [0.1, 0.15) is 11.3 Å². The first-order chi connectivity index (χ1) is 13.4. The second-order valence-corrected chi connectivity index (χ2v) is 8.90. The van der Waals surface area contributed by atoms with Gasteiger partial charge in [-0.1, -0.05) is 12.1 Å². The number of hydrogen-bond acceptors (Lipinski definition) is 4. The molecule has 0 aromatic heterocycles. The second kappa shape index (κ2) is 9.27. The molecule has 2 fully saturated rings. The monoisotopic (exact) mass is 387 g/mol. The Kier molecular flexibility index (Phi) is 7.00. The Hall–Kier alpha value is -1.59. The number of carbonyl (C=O) groups is 1. The highest BCUT2D eigenvalue weighted by molar-refractivity contribution is 5.87. The minimum atomic E-state index is -0.274. The Morgan fingerprint density at radius 2 is 1.79 bits per heavy atom. The van der Waals surface area contributed by atoms with Crippen LogP contribution >= 0.6 is 0 Å². The maximum absolute atomic E-state index is 13.3. The van der Waals surface area contributed by atoms with Crippen molar-refractivity contribution < 1.29 is 9.53 Å². The lowest BCUT2D eigenvalue weighted by atomic mass is 9.84. The minimum absolute atomic E-state index is 0.274. The van der Waals surface area contributed by atoms with Gasteiger partial charge in [0.2, 0.25) is 5.91 Å². The second-order valence-electron chi connectivity index (χ2n) is 8.90. The molecule has 28 heavy (non-hydrogen) atoms. The Morgan fingerprint density at radius 1 is 1.11 bits per heavy atom. The van der Waals surface area contributed by atoms with Crippen molar-refractivity contribution in [3.05, 3.63) is 29.8 Å². The molecule has 2 aliphatic heterocycles. The zero-order valence-electron chi connectivity index (χ0n) is 18.1. The molecule has 1 atom stereocenters. The molecule has 0 saturated carbocycles. The van der Waals surface area contributed by atoms with E-state index in [1.165, 1.54) is 5.56 Å². The highest BCUT2D eigenvalue weighted by Crippen LogP contribution is 2.39. The lowest BCUT2D eigenvalue weighted by molar-refractivity contribution is -0.149. The number of carbonyl (C=O) groups excluding carboxylic acids is 1. The summed E-state index contributed by atoms with van der Waals surface area (Å²) in [7, 11) is 4.16. The van der Waals surface area contributed by atoms with E-state index in [0.29, 0.717) is 5.91 Å². The van der Waals surface area contributed by atoms with Crippen LogP contribution in [0.25, 0.3) is 0 Å². The fourth-order valence-electron chi connectivity index (χ4n) is 4.68. The number of ether oxygens (including phenoxy) is 1. The molecule has 0 N–H and O–H groups in total. The van der Waals surface area contributed by atoms with Gasteiger partial charge < -0.3 is 14.5 Å². The van der Waals surface area contributed by atoms with E-state index in [4.69, 9.17) is 4.74 Å². The van der Waals surface area contributed by atoms with Crippen molar-refractivity contribution in [1.82, 2.24) is 14.7 Å². The van der Waals surface area contributed by atoms with Gasteiger partial charge in [-0.3, -0.25) is 9.69 Å². The molecule has 3 rings (SSSR count). The van der Waals surface area contributed by atoms with Crippen molar-refractivity contribution in [1.29, 1.82) is 0 Å². The number of nitrogens with zero attached hydrogens (tertiary/aromatic N) is 3. The molecular formula is C23H37N3O2. The van der Waals surface area contributed by atoms with Crippen LogP contribution < -0.4 is 4.74 Å². The average molecular weight is 388 g/mol. The molecular weight excluding hydrogens is 350 g/mol. The van der Waals surface area contributed by atoms with E-state index in [-0.39, 0.29) is 11.6 Å². The van der Waals surface area contributed by atoms with Crippen LogP contribution in [-0.4, -0.2) is 72.5 Å². The zero-order chi connectivity index (χ0) is 20.1. The van der Waals surface area contributed by atoms with E-state index in [1.807, 2.05) is 0 Å². The minimum Gasteiger partial charge on any atom is -0.494 e. The molecule has 5 nitrogen and oxygen atoms in total. The first-order valence-electron chi connectivity index (χ1n) is 10.8. The van der Waals surface area contributed by atoms with E-state index >= 15 is 0 Å². The number of hydrogen-bond donors (Lipinski definition) is 0. The predicted octanol–water partition coefficient (Wildman–Crippen LogP) is 3.38. The molecule has 1 spiro atoms. The average Bonchev–Trinajstić information content (AvgIpc) is 3.05. The van der Waals surface area contributed by atoms with Gasteiger partial charge in [0.15, 0.2) is 0 Å². The summed E-state index contributed by atoms with van der Waals surface area (Å²) < 4.78 is 5.85. The Morgan fingerprint density at radius 3 is 2.43 bits per heavy atom. The van der Waals surface area contributed by atoms with Crippen LogP contribution in [0.2, 0.25) is 0 Å². The van der Waals surface area contributed by atoms with Crippen LogP contribution in [0.3, 0.4) is 0 Å². The van der Waals surface area contributed by atoms with Crippen molar-refractivity contribution in [3.63, 3.8) is 0 Å². The van der Waals surface area contributed by atoms with Crippen LogP contribution in [-0.2, 0) is 11.3 Å². The standard InChI is InChI=1S/C23H37N3O2/c1-19(2)26-16-6-13-23(22(26)27)12-5-15-25(23)18-20-8-10-21(11-9-20)28-17-7-14-24(3)4/h8-11,19H,5-7,12-18H2,1-4H3. The van der Waals surface area contributed by atoms with Crippen molar-refractivity contribution in [2.45, 2.75) is 64.1 Å². The lowest BCUT2D eigenvalue weighted by Crippen LogP contribution is -2.61. The number of amides is 1. The number of rotatable bonds is 8. The molecule has 1 amide bonds. The normalized spacial score (nSPS) is 23.4. The first-order valence-corrected chi connectivity index (χ1v) is 10.8. The summed E-state index contributed by atoms with van der Waals surface area (Å²) in [4.78, 5) is 20.0. The summed E-state index contributed by atoms with van der Waals surface area (Å²) in [6.07, 6.45) is 5.26. The largest absolute Gasteiger partial charge is 0.494 e. The van der Waals surface area contributed by atoms with Crippen LogP contribution in [0, 0.1) is 0 Å². The van der Waals surface area contributed by atoms with Crippen molar-refractivity contribution in [3.8, 4) is 5.75 Å². The quantitative estimate of drug-likeness (QED) is 0.641. The third kappa shape index (κ3) is 4.69. The van der Waals surface area contributed by atoms with E-state index in [1.54, 1.807) is 0 Å². The van der Waals surface area contributed by atoms with E-state index in [9.17, 15) is 4.79 Å². The number of benzene rings is 1. The molecule has 156 valence electrons. The summed E-state index contributed by atoms with van der Waals surface area (Å²) in [5.41, 5.74) is 0.987. The molecule has 1 unspecified atom stereocenters. The summed E-state index contributed by atoms with van der Waals surface area (Å²) in [6, 6.07) is 8.73. The van der Waals surface area contributed by atoms with Gasteiger partial charge in [-0.05, 0) is 84.3 Å². The number of likely N-dealkylation sites (tertiary alicyclic amines) is 2. The summed E-state index contributed by atoms with van der Waals surface area (Å²) in [5, 5.41) is 0. The fraction of sp³-hybridized carbons (Fsp3) is 0.696.